The second kappa shape index (κ2) is 6.54. The van der Waals surface area contributed by atoms with Crippen LogP contribution in [-0.4, -0.2) is 59.8 Å². The fourth-order valence-corrected chi connectivity index (χ4v) is 3.86. The molecule has 2 heterocycles. The van der Waals surface area contributed by atoms with Crippen molar-refractivity contribution in [2.45, 2.75) is 56.5 Å². The quantitative estimate of drug-likeness (QED) is 0.810. The number of nitrogens with zero attached hydrogens (tertiary/aromatic N) is 1. The van der Waals surface area contributed by atoms with E-state index in [2.05, 4.69) is 10.2 Å². The second-order valence-electron chi connectivity index (χ2n) is 6.91. The van der Waals surface area contributed by atoms with Gasteiger partial charge in [-0.3, -0.25) is 9.69 Å². The fraction of sp³-hybridized carbons (Fsp3) is 0.875. The Balaban J connectivity index is 1.57. The summed E-state index contributed by atoms with van der Waals surface area (Å²) in [4.78, 5) is 26.3. The number of rotatable bonds is 4. The van der Waals surface area contributed by atoms with E-state index in [0.29, 0.717) is 18.9 Å². The Morgan fingerprint density at radius 1 is 1.14 bits per heavy atom. The van der Waals surface area contributed by atoms with E-state index >= 15 is 0 Å². The van der Waals surface area contributed by atoms with E-state index in [0.717, 1.165) is 58.4 Å². The molecule has 124 valence electrons. The van der Waals surface area contributed by atoms with Crippen LogP contribution in [0.1, 0.15) is 44.9 Å². The number of carboxylic acids is 1. The molecule has 6 nitrogen and oxygen atoms in total. The summed E-state index contributed by atoms with van der Waals surface area (Å²) in [7, 11) is 0. The Morgan fingerprint density at radius 2 is 1.86 bits per heavy atom. The van der Waals surface area contributed by atoms with Crippen LogP contribution < -0.4 is 5.32 Å². The molecule has 2 aliphatic heterocycles. The van der Waals surface area contributed by atoms with E-state index in [1.54, 1.807) is 0 Å². The molecule has 1 aliphatic carbocycles. The van der Waals surface area contributed by atoms with Gasteiger partial charge in [-0.25, -0.2) is 4.79 Å². The normalized spacial score (nSPS) is 29.5. The number of likely N-dealkylation sites (tertiary alicyclic amines) is 1. The minimum absolute atomic E-state index is 0.0705. The van der Waals surface area contributed by atoms with Gasteiger partial charge >= 0.3 is 5.97 Å². The van der Waals surface area contributed by atoms with Crippen LogP contribution in [0.25, 0.3) is 0 Å². The fourth-order valence-electron chi connectivity index (χ4n) is 3.86. The van der Waals surface area contributed by atoms with Gasteiger partial charge in [0.05, 0.1) is 5.92 Å². The molecule has 1 amide bonds. The van der Waals surface area contributed by atoms with Crippen LogP contribution in [0.2, 0.25) is 0 Å². The lowest BCUT2D eigenvalue weighted by molar-refractivity contribution is -0.153. The lowest BCUT2D eigenvalue weighted by atomic mass is 9.76. The first kappa shape index (κ1) is 15.7. The Kier molecular flexibility index (Phi) is 4.68. The van der Waals surface area contributed by atoms with Crippen molar-refractivity contribution in [2.75, 3.05) is 26.3 Å². The van der Waals surface area contributed by atoms with Crippen molar-refractivity contribution in [3.05, 3.63) is 0 Å². The number of amides is 1. The molecule has 0 spiro atoms. The van der Waals surface area contributed by atoms with Gasteiger partial charge in [0.15, 0.2) is 0 Å². The molecular formula is C16H26N2O4. The zero-order chi connectivity index (χ0) is 15.6. The summed E-state index contributed by atoms with van der Waals surface area (Å²) in [5.74, 6) is -1.03. The van der Waals surface area contributed by atoms with Crippen LogP contribution in [0.3, 0.4) is 0 Å². The van der Waals surface area contributed by atoms with Gasteiger partial charge in [-0.05, 0) is 51.5 Å². The van der Waals surface area contributed by atoms with E-state index in [9.17, 15) is 14.7 Å². The zero-order valence-electron chi connectivity index (χ0n) is 13.1. The highest BCUT2D eigenvalue weighted by Gasteiger charge is 2.46. The summed E-state index contributed by atoms with van der Waals surface area (Å²) >= 11 is 0. The van der Waals surface area contributed by atoms with Crippen molar-refractivity contribution in [2.24, 2.45) is 5.92 Å². The minimum atomic E-state index is -0.988. The van der Waals surface area contributed by atoms with Gasteiger partial charge in [0.1, 0.15) is 5.54 Å². The van der Waals surface area contributed by atoms with Gasteiger partial charge in [0.25, 0.3) is 0 Å². The third-order valence-electron chi connectivity index (χ3n) is 5.51. The van der Waals surface area contributed by atoms with Crippen LogP contribution in [0.5, 0.6) is 0 Å². The van der Waals surface area contributed by atoms with Crippen molar-refractivity contribution in [1.82, 2.24) is 10.2 Å². The number of ether oxygens (including phenoxy) is 1. The molecule has 1 unspecified atom stereocenters. The predicted octanol–water partition coefficient (Wildman–Crippen LogP) is 1.00. The number of carboxylic acid groups (broad SMARTS) is 1. The van der Waals surface area contributed by atoms with E-state index in [4.69, 9.17) is 4.74 Å². The smallest absolute Gasteiger partial charge is 0.329 e. The molecule has 3 fully saturated rings. The van der Waals surface area contributed by atoms with Crippen LogP contribution in [0.4, 0.5) is 0 Å². The molecule has 2 saturated heterocycles. The highest BCUT2D eigenvalue weighted by molar-refractivity contribution is 5.89. The van der Waals surface area contributed by atoms with Crippen molar-refractivity contribution in [3.8, 4) is 0 Å². The molecule has 0 aromatic rings. The molecular weight excluding hydrogens is 284 g/mol. The van der Waals surface area contributed by atoms with Crippen molar-refractivity contribution >= 4 is 11.9 Å². The molecule has 22 heavy (non-hydrogen) atoms. The van der Waals surface area contributed by atoms with Gasteiger partial charge < -0.3 is 15.2 Å². The number of carbonyl (C=O) groups excluding carboxylic acids is 1. The summed E-state index contributed by atoms with van der Waals surface area (Å²) in [6.07, 6.45) is 5.94. The van der Waals surface area contributed by atoms with Gasteiger partial charge in [-0.1, -0.05) is 0 Å². The molecule has 0 aromatic carbocycles. The molecule has 0 bridgehead atoms. The standard InChI is InChI=1S/C16H26N2O4/c19-14(17-16(15(20)21)6-2-7-16)12-3-1-8-18(11-12)13-4-9-22-10-5-13/h12-13H,1-11H2,(H,17,19)(H,20,21). The van der Waals surface area contributed by atoms with Crippen molar-refractivity contribution in [3.63, 3.8) is 0 Å². The predicted molar refractivity (Wildman–Crippen MR) is 80.5 cm³/mol. The van der Waals surface area contributed by atoms with Crippen LogP contribution >= 0.6 is 0 Å². The first-order valence-electron chi connectivity index (χ1n) is 8.48. The second-order valence-corrected chi connectivity index (χ2v) is 6.91. The average molecular weight is 310 g/mol. The number of aliphatic carboxylic acids is 1. The first-order valence-corrected chi connectivity index (χ1v) is 8.48. The van der Waals surface area contributed by atoms with E-state index in [-0.39, 0.29) is 11.8 Å². The summed E-state index contributed by atoms with van der Waals surface area (Å²) < 4.78 is 5.41. The van der Waals surface area contributed by atoms with E-state index in [1.807, 2.05) is 0 Å². The number of hydrogen-bond donors (Lipinski definition) is 2. The largest absolute Gasteiger partial charge is 0.480 e. The maximum Gasteiger partial charge on any atom is 0.329 e. The Hall–Kier alpha value is -1.14. The lowest BCUT2D eigenvalue weighted by Crippen LogP contribution is -2.61. The van der Waals surface area contributed by atoms with E-state index in [1.165, 1.54) is 0 Å². The summed E-state index contributed by atoms with van der Waals surface area (Å²) in [5.41, 5.74) is -0.988. The minimum Gasteiger partial charge on any atom is -0.480 e. The van der Waals surface area contributed by atoms with Gasteiger partial charge in [-0.15, -0.1) is 0 Å². The molecule has 0 aromatic heterocycles. The highest BCUT2D eigenvalue weighted by Crippen LogP contribution is 2.33. The Labute approximate surface area is 131 Å². The highest BCUT2D eigenvalue weighted by atomic mass is 16.5. The zero-order valence-corrected chi connectivity index (χ0v) is 13.1. The lowest BCUT2D eigenvalue weighted by Gasteiger charge is -2.42. The topological polar surface area (TPSA) is 78.9 Å². The summed E-state index contributed by atoms with van der Waals surface area (Å²) in [6.45, 7) is 3.41. The van der Waals surface area contributed by atoms with Gasteiger partial charge in [0.2, 0.25) is 5.91 Å². The molecule has 1 atom stereocenters. The third kappa shape index (κ3) is 3.13. The number of hydrogen-bond acceptors (Lipinski definition) is 4. The number of carbonyl (C=O) groups is 2. The first-order chi connectivity index (χ1) is 10.6. The Bertz CT molecular complexity index is 430. The summed E-state index contributed by atoms with van der Waals surface area (Å²) in [5, 5.41) is 12.2. The molecule has 3 rings (SSSR count). The van der Waals surface area contributed by atoms with Crippen molar-refractivity contribution in [1.29, 1.82) is 0 Å². The maximum atomic E-state index is 12.5. The van der Waals surface area contributed by atoms with Crippen molar-refractivity contribution < 1.29 is 19.4 Å². The third-order valence-corrected chi connectivity index (χ3v) is 5.51. The van der Waals surface area contributed by atoms with Crippen LogP contribution in [-0.2, 0) is 14.3 Å². The van der Waals surface area contributed by atoms with Crippen LogP contribution in [0, 0.1) is 5.92 Å². The monoisotopic (exact) mass is 310 g/mol. The van der Waals surface area contributed by atoms with Gasteiger partial charge in [0, 0.05) is 25.8 Å². The molecule has 1 saturated carbocycles. The average Bonchev–Trinajstić information content (AvgIpc) is 2.51. The number of nitrogens with one attached hydrogen (secondary N) is 1. The SMILES string of the molecule is O=C(NC1(C(=O)O)CCC1)C1CCCN(C2CCOCC2)C1. The maximum absolute atomic E-state index is 12.5. The molecule has 6 heteroatoms. The van der Waals surface area contributed by atoms with E-state index < -0.39 is 11.5 Å². The van der Waals surface area contributed by atoms with Crippen LogP contribution in [0.15, 0.2) is 0 Å². The van der Waals surface area contributed by atoms with Gasteiger partial charge in [-0.2, -0.15) is 0 Å². The molecule has 2 N–H and O–H groups in total. The molecule has 3 aliphatic rings. The molecule has 0 radical (unpaired) electrons. The Morgan fingerprint density at radius 3 is 2.45 bits per heavy atom. The number of piperidine rings is 1. The summed E-state index contributed by atoms with van der Waals surface area (Å²) in [6, 6.07) is 0.515.